The lowest BCUT2D eigenvalue weighted by atomic mass is 10.0. The predicted octanol–water partition coefficient (Wildman–Crippen LogP) is 2.08. The number of hydrogen-bond donors (Lipinski definition) is 3. The van der Waals surface area contributed by atoms with Crippen LogP contribution in [-0.2, 0) is 11.2 Å². The molecule has 1 aliphatic carbocycles. The van der Waals surface area contributed by atoms with E-state index in [1.165, 1.54) is 12.8 Å². The Hall–Kier alpha value is -1.43. The monoisotopic (exact) mass is 373 g/mol. The Labute approximate surface area is 163 Å². The quantitative estimate of drug-likeness (QED) is 0.713. The van der Waals surface area contributed by atoms with Gasteiger partial charge in [0.15, 0.2) is 0 Å². The first kappa shape index (κ1) is 20.3. The summed E-state index contributed by atoms with van der Waals surface area (Å²) in [4.78, 5) is 15.1. The molecule has 27 heavy (non-hydrogen) atoms. The molecule has 0 bridgehead atoms. The van der Waals surface area contributed by atoms with Crippen molar-refractivity contribution in [2.45, 2.75) is 82.6 Å². The van der Waals surface area contributed by atoms with Crippen LogP contribution in [0.4, 0.5) is 0 Å². The lowest BCUT2D eigenvalue weighted by Crippen LogP contribution is -2.54. The van der Waals surface area contributed by atoms with Gasteiger partial charge in [0.05, 0.1) is 12.1 Å². The van der Waals surface area contributed by atoms with Gasteiger partial charge in [-0.1, -0.05) is 36.8 Å². The fourth-order valence-corrected chi connectivity index (χ4v) is 4.73. The summed E-state index contributed by atoms with van der Waals surface area (Å²) in [5.74, 6) is 0.652. The predicted molar refractivity (Wildman–Crippen MR) is 108 cm³/mol. The number of amides is 1. The lowest BCUT2D eigenvalue weighted by Gasteiger charge is -2.34. The summed E-state index contributed by atoms with van der Waals surface area (Å²) >= 11 is 0. The molecule has 0 radical (unpaired) electrons. The summed E-state index contributed by atoms with van der Waals surface area (Å²) in [5, 5.41) is 13.9. The van der Waals surface area contributed by atoms with Crippen LogP contribution in [0.2, 0.25) is 0 Å². The molecule has 0 spiro atoms. The normalized spacial score (nSPS) is 28.0. The second kappa shape index (κ2) is 8.29. The Kier molecular flexibility index (Phi) is 6.24. The average molecular weight is 374 g/mol. The maximum atomic E-state index is 12.9. The van der Waals surface area contributed by atoms with Crippen LogP contribution in [0.25, 0.3) is 0 Å². The summed E-state index contributed by atoms with van der Waals surface area (Å²) in [6.45, 7) is 6.50. The van der Waals surface area contributed by atoms with Crippen molar-refractivity contribution in [1.82, 2.24) is 10.2 Å². The topological polar surface area (TPSA) is 78.6 Å². The van der Waals surface area contributed by atoms with Crippen molar-refractivity contribution in [3.05, 3.63) is 35.9 Å². The molecule has 1 aliphatic heterocycles. The number of β-amino-alcohol motifs (C(OH)–C–C–N with tert-alkyl or cyclic N) is 1. The third kappa shape index (κ3) is 5.09. The fraction of sp³-hybridized carbons (Fsp3) is 0.682. The zero-order valence-corrected chi connectivity index (χ0v) is 16.9. The minimum atomic E-state index is -0.644. The number of hydrogen-bond acceptors (Lipinski definition) is 4. The average Bonchev–Trinajstić information content (AvgIpc) is 3.16. The molecular weight excluding hydrogens is 338 g/mol. The van der Waals surface area contributed by atoms with Crippen LogP contribution in [0.3, 0.4) is 0 Å². The first-order valence-corrected chi connectivity index (χ1v) is 10.3. The highest BCUT2D eigenvalue weighted by molar-refractivity contribution is 5.82. The highest BCUT2D eigenvalue weighted by Gasteiger charge is 2.47. The summed E-state index contributed by atoms with van der Waals surface area (Å²) in [5.41, 5.74) is 7.19. The molecule has 1 aromatic rings. The SMILES string of the molecule is CC(C)(C)NC(=O)C1CC2CCCC2N1C[C@@H](O)[C@@H](N)Cc1ccccc1. The number of nitrogens with two attached hydrogens (primary N) is 1. The molecule has 1 heterocycles. The van der Waals surface area contributed by atoms with Crippen LogP contribution in [0.5, 0.6) is 0 Å². The number of benzene rings is 1. The van der Waals surface area contributed by atoms with E-state index in [0.29, 0.717) is 24.9 Å². The number of nitrogens with zero attached hydrogens (tertiary/aromatic N) is 1. The maximum absolute atomic E-state index is 12.9. The van der Waals surface area contributed by atoms with Crippen LogP contribution >= 0.6 is 0 Å². The molecule has 1 saturated heterocycles. The Morgan fingerprint density at radius 1 is 1.30 bits per heavy atom. The number of nitrogens with one attached hydrogen (secondary N) is 1. The number of aliphatic hydroxyl groups is 1. The molecular formula is C22H35N3O2. The van der Waals surface area contributed by atoms with Gasteiger partial charge in [0.25, 0.3) is 0 Å². The van der Waals surface area contributed by atoms with E-state index >= 15 is 0 Å². The van der Waals surface area contributed by atoms with Crippen molar-refractivity contribution in [1.29, 1.82) is 0 Å². The van der Waals surface area contributed by atoms with Gasteiger partial charge in [0.2, 0.25) is 5.91 Å². The van der Waals surface area contributed by atoms with E-state index in [9.17, 15) is 9.90 Å². The largest absolute Gasteiger partial charge is 0.390 e. The molecule has 5 heteroatoms. The molecule has 1 aromatic carbocycles. The van der Waals surface area contributed by atoms with Crippen molar-refractivity contribution in [2.24, 2.45) is 11.7 Å². The molecule has 2 fully saturated rings. The van der Waals surface area contributed by atoms with Gasteiger partial charge < -0.3 is 16.2 Å². The van der Waals surface area contributed by atoms with Gasteiger partial charge in [0.1, 0.15) is 0 Å². The first-order valence-electron chi connectivity index (χ1n) is 10.3. The van der Waals surface area contributed by atoms with Gasteiger partial charge in [-0.05, 0) is 57.9 Å². The summed E-state index contributed by atoms with van der Waals surface area (Å²) in [6, 6.07) is 9.95. The number of carbonyl (C=O) groups is 1. The molecule has 3 rings (SSSR count). The number of likely N-dealkylation sites (tertiary alicyclic amines) is 1. The second-order valence-electron chi connectivity index (χ2n) is 9.37. The van der Waals surface area contributed by atoms with Crippen LogP contribution in [0, 0.1) is 5.92 Å². The van der Waals surface area contributed by atoms with Crippen molar-refractivity contribution >= 4 is 5.91 Å². The number of carbonyl (C=O) groups excluding carboxylic acids is 1. The Balaban J connectivity index is 1.66. The highest BCUT2D eigenvalue weighted by atomic mass is 16.3. The summed E-state index contributed by atoms with van der Waals surface area (Å²) in [7, 11) is 0. The fourth-order valence-electron chi connectivity index (χ4n) is 4.73. The molecule has 5 atom stereocenters. The summed E-state index contributed by atoms with van der Waals surface area (Å²) in [6.07, 6.45) is 4.41. The molecule has 2 aliphatic rings. The third-order valence-electron chi connectivity index (χ3n) is 5.98. The van der Waals surface area contributed by atoms with Gasteiger partial charge in [-0.25, -0.2) is 0 Å². The molecule has 4 N–H and O–H groups in total. The van der Waals surface area contributed by atoms with Crippen molar-refractivity contribution in [3.8, 4) is 0 Å². The van der Waals surface area contributed by atoms with E-state index in [4.69, 9.17) is 5.73 Å². The lowest BCUT2D eigenvalue weighted by molar-refractivity contribution is -0.128. The number of aliphatic hydroxyl groups excluding tert-OH is 1. The van der Waals surface area contributed by atoms with E-state index < -0.39 is 6.10 Å². The van der Waals surface area contributed by atoms with Gasteiger partial charge in [0, 0.05) is 24.2 Å². The third-order valence-corrected chi connectivity index (χ3v) is 5.98. The van der Waals surface area contributed by atoms with Crippen LogP contribution in [0.15, 0.2) is 30.3 Å². The van der Waals surface area contributed by atoms with Gasteiger partial charge >= 0.3 is 0 Å². The van der Waals surface area contributed by atoms with E-state index in [1.54, 1.807) is 0 Å². The Bertz CT molecular complexity index is 628. The number of fused-ring (bicyclic) bond motifs is 1. The molecule has 3 unspecified atom stereocenters. The minimum absolute atomic E-state index is 0.0840. The van der Waals surface area contributed by atoms with Crippen LogP contribution in [0.1, 0.15) is 52.0 Å². The Morgan fingerprint density at radius 2 is 2.00 bits per heavy atom. The van der Waals surface area contributed by atoms with E-state index in [0.717, 1.165) is 18.4 Å². The van der Waals surface area contributed by atoms with E-state index in [2.05, 4.69) is 10.2 Å². The van der Waals surface area contributed by atoms with Crippen molar-refractivity contribution in [3.63, 3.8) is 0 Å². The molecule has 5 nitrogen and oxygen atoms in total. The van der Waals surface area contributed by atoms with Gasteiger partial charge in [-0.3, -0.25) is 9.69 Å². The van der Waals surface area contributed by atoms with E-state index in [1.807, 2.05) is 51.1 Å². The van der Waals surface area contributed by atoms with Crippen molar-refractivity contribution < 1.29 is 9.90 Å². The molecule has 1 amide bonds. The second-order valence-corrected chi connectivity index (χ2v) is 9.37. The van der Waals surface area contributed by atoms with Crippen LogP contribution in [-0.4, -0.2) is 52.2 Å². The van der Waals surface area contributed by atoms with Gasteiger partial charge in [-0.15, -0.1) is 0 Å². The highest BCUT2D eigenvalue weighted by Crippen LogP contribution is 2.41. The molecule has 1 saturated carbocycles. The first-order chi connectivity index (χ1) is 12.7. The van der Waals surface area contributed by atoms with Gasteiger partial charge in [-0.2, -0.15) is 0 Å². The van der Waals surface area contributed by atoms with Crippen LogP contribution < -0.4 is 11.1 Å². The zero-order valence-electron chi connectivity index (χ0n) is 16.9. The van der Waals surface area contributed by atoms with E-state index in [-0.39, 0.29) is 23.5 Å². The maximum Gasteiger partial charge on any atom is 0.237 e. The Morgan fingerprint density at radius 3 is 2.67 bits per heavy atom. The number of rotatable bonds is 6. The smallest absolute Gasteiger partial charge is 0.237 e. The summed E-state index contributed by atoms with van der Waals surface area (Å²) < 4.78 is 0. The standard InChI is InChI=1S/C22H35N3O2/c1-22(2,3)24-21(27)19-13-16-10-7-11-18(16)25(19)14-20(26)17(23)12-15-8-5-4-6-9-15/h4-6,8-9,16-20,26H,7,10-14,23H2,1-3H3,(H,24,27)/t16?,17-,18?,19?,20+/m0/s1. The minimum Gasteiger partial charge on any atom is -0.390 e. The zero-order chi connectivity index (χ0) is 19.6. The molecule has 150 valence electrons. The molecule has 0 aromatic heterocycles. The van der Waals surface area contributed by atoms with Crippen molar-refractivity contribution in [2.75, 3.05) is 6.54 Å².